The molecule has 4 heteroatoms. The Bertz CT molecular complexity index is 433. The normalized spacial score (nSPS) is 30.8. The van der Waals surface area contributed by atoms with E-state index >= 15 is 0 Å². The number of ether oxygens (including phenoxy) is 1. The SMILES string of the molecule is O=C1OCC2(CCCC2)N1CC1(C2CCCCC2)CCNCC1. The highest BCUT2D eigenvalue weighted by atomic mass is 16.6. The first kappa shape index (κ1) is 15.7. The Kier molecular flexibility index (Phi) is 4.29. The standard InChI is InChI=1S/C19H32N2O2/c22-17-21(19(15-23-17)8-4-5-9-19)14-18(10-12-20-13-11-18)16-6-2-1-3-7-16/h16,20H,1-15H2. The molecule has 2 aliphatic carbocycles. The van der Waals surface area contributed by atoms with E-state index in [2.05, 4.69) is 10.2 Å². The van der Waals surface area contributed by atoms with Gasteiger partial charge in [-0.15, -0.1) is 0 Å². The van der Waals surface area contributed by atoms with Crippen LogP contribution in [0.4, 0.5) is 4.79 Å². The Morgan fingerprint density at radius 1 is 1.00 bits per heavy atom. The summed E-state index contributed by atoms with van der Waals surface area (Å²) >= 11 is 0. The van der Waals surface area contributed by atoms with E-state index in [0.29, 0.717) is 12.0 Å². The number of nitrogens with one attached hydrogen (secondary N) is 1. The second-order valence-electron chi connectivity index (χ2n) is 8.52. The van der Waals surface area contributed by atoms with E-state index in [4.69, 9.17) is 4.74 Å². The molecule has 4 fully saturated rings. The van der Waals surface area contributed by atoms with Gasteiger partial charge < -0.3 is 10.1 Å². The lowest BCUT2D eigenvalue weighted by Gasteiger charge is -2.49. The summed E-state index contributed by atoms with van der Waals surface area (Å²) in [6, 6.07) is 0. The van der Waals surface area contributed by atoms with Gasteiger partial charge in [0.15, 0.2) is 0 Å². The summed E-state index contributed by atoms with van der Waals surface area (Å²) in [6.07, 6.45) is 14.2. The first-order chi connectivity index (χ1) is 11.2. The van der Waals surface area contributed by atoms with Crippen molar-refractivity contribution in [2.24, 2.45) is 11.3 Å². The Morgan fingerprint density at radius 3 is 2.39 bits per heavy atom. The molecule has 23 heavy (non-hydrogen) atoms. The average Bonchev–Trinajstić information content (AvgIpc) is 3.20. The van der Waals surface area contributed by atoms with E-state index in [1.807, 2.05) is 0 Å². The zero-order valence-electron chi connectivity index (χ0n) is 14.4. The summed E-state index contributed by atoms with van der Waals surface area (Å²) < 4.78 is 5.55. The largest absolute Gasteiger partial charge is 0.447 e. The molecule has 1 spiro atoms. The lowest BCUT2D eigenvalue weighted by Crippen LogP contribution is -2.55. The fourth-order valence-corrected chi connectivity index (χ4v) is 5.88. The van der Waals surface area contributed by atoms with Gasteiger partial charge in [-0.05, 0) is 62.9 Å². The van der Waals surface area contributed by atoms with Crippen molar-refractivity contribution in [2.45, 2.75) is 76.2 Å². The van der Waals surface area contributed by atoms with Gasteiger partial charge >= 0.3 is 6.09 Å². The van der Waals surface area contributed by atoms with Gasteiger partial charge in [-0.1, -0.05) is 32.1 Å². The fourth-order valence-electron chi connectivity index (χ4n) is 5.88. The molecule has 0 aromatic carbocycles. The van der Waals surface area contributed by atoms with Crippen molar-refractivity contribution >= 4 is 6.09 Å². The molecule has 0 unspecified atom stereocenters. The molecule has 0 atom stereocenters. The number of hydrogen-bond acceptors (Lipinski definition) is 3. The smallest absolute Gasteiger partial charge is 0.410 e. The van der Waals surface area contributed by atoms with Crippen LogP contribution in [0.15, 0.2) is 0 Å². The highest BCUT2D eigenvalue weighted by Crippen LogP contribution is 2.48. The van der Waals surface area contributed by atoms with Gasteiger partial charge in [-0.3, -0.25) is 4.90 Å². The first-order valence-electron chi connectivity index (χ1n) is 9.89. The minimum Gasteiger partial charge on any atom is -0.447 e. The zero-order valence-corrected chi connectivity index (χ0v) is 14.4. The van der Waals surface area contributed by atoms with E-state index in [0.717, 1.165) is 38.4 Å². The van der Waals surface area contributed by atoms with Crippen LogP contribution in [-0.2, 0) is 4.74 Å². The number of carbonyl (C=O) groups excluding carboxylic acids is 1. The maximum atomic E-state index is 12.5. The monoisotopic (exact) mass is 320 g/mol. The molecule has 2 aliphatic heterocycles. The molecule has 1 amide bonds. The van der Waals surface area contributed by atoms with Crippen LogP contribution in [0, 0.1) is 11.3 Å². The number of piperidine rings is 1. The fraction of sp³-hybridized carbons (Fsp3) is 0.947. The van der Waals surface area contributed by atoms with E-state index < -0.39 is 0 Å². The van der Waals surface area contributed by atoms with Crippen LogP contribution in [0.3, 0.4) is 0 Å². The second-order valence-corrected chi connectivity index (χ2v) is 8.52. The molecule has 0 bridgehead atoms. The van der Waals surface area contributed by atoms with Crippen LogP contribution in [0.5, 0.6) is 0 Å². The van der Waals surface area contributed by atoms with Gasteiger partial charge in [0.25, 0.3) is 0 Å². The molecule has 2 saturated heterocycles. The molecule has 0 aromatic rings. The van der Waals surface area contributed by atoms with Crippen LogP contribution in [-0.4, -0.2) is 42.8 Å². The topological polar surface area (TPSA) is 41.6 Å². The third-order valence-electron chi connectivity index (χ3n) is 7.34. The molecule has 0 radical (unpaired) electrons. The van der Waals surface area contributed by atoms with E-state index in [9.17, 15) is 4.79 Å². The molecule has 4 aliphatic rings. The van der Waals surface area contributed by atoms with Gasteiger partial charge in [0, 0.05) is 6.54 Å². The van der Waals surface area contributed by atoms with Crippen molar-refractivity contribution in [3.63, 3.8) is 0 Å². The third-order valence-corrected chi connectivity index (χ3v) is 7.34. The van der Waals surface area contributed by atoms with Crippen molar-refractivity contribution in [3.8, 4) is 0 Å². The minimum atomic E-state index is -0.0272. The van der Waals surface area contributed by atoms with Crippen molar-refractivity contribution in [2.75, 3.05) is 26.2 Å². The summed E-state index contributed by atoms with van der Waals surface area (Å²) in [5.41, 5.74) is 0.383. The van der Waals surface area contributed by atoms with Gasteiger partial charge in [0.1, 0.15) is 6.61 Å². The summed E-state index contributed by atoms with van der Waals surface area (Å²) in [4.78, 5) is 14.7. The van der Waals surface area contributed by atoms with E-state index in [1.54, 1.807) is 0 Å². The quantitative estimate of drug-likeness (QED) is 0.862. The Hall–Kier alpha value is -0.770. The van der Waals surface area contributed by atoms with Crippen molar-refractivity contribution in [1.82, 2.24) is 10.2 Å². The first-order valence-corrected chi connectivity index (χ1v) is 9.89. The zero-order chi connectivity index (χ0) is 15.8. The number of hydrogen-bond donors (Lipinski definition) is 1. The van der Waals surface area contributed by atoms with E-state index in [-0.39, 0.29) is 11.6 Å². The average molecular weight is 320 g/mol. The Morgan fingerprint density at radius 2 is 1.70 bits per heavy atom. The summed E-state index contributed by atoms with van der Waals surface area (Å²) in [6.45, 7) is 3.84. The van der Waals surface area contributed by atoms with Gasteiger partial charge in [-0.25, -0.2) is 4.79 Å². The summed E-state index contributed by atoms with van der Waals surface area (Å²) in [5, 5.41) is 3.54. The molecule has 2 saturated carbocycles. The highest BCUT2D eigenvalue weighted by molar-refractivity contribution is 5.71. The number of carbonyl (C=O) groups is 1. The number of rotatable bonds is 3. The van der Waals surface area contributed by atoms with Crippen LogP contribution in [0.25, 0.3) is 0 Å². The lowest BCUT2D eigenvalue weighted by atomic mass is 9.63. The minimum absolute atomic E-state index is 0.0272. The summed E-state index contributed by atoms with van der Waals surface area (Å²) in [7, 11) is 0. The van der Waals surface area contributed by atoms with Crippen LogP contribution >= 0.6 is 0 Å². The van der Waals surface area contributed by atoms with Crippen LogP contribution in [0.2, 0.25) is 0 Å². The second kappa shape index (κ2) is 6.27. The summed E-state index contributed by atoms with van der Waals surface area (Å²) in [5.74, 6) is 0.810. The van der Waals surface area contributed by atoms with Gasteiger partial charge in [0.2, 0.25) is 0 Å². The van der Waals surface area contributed by atoms with E-state index in [1.165, 1.54) is 57.8 Å². The number of nitrogens with zero attached hydrogens (tertiary/aromatic N) is 1. The molecule has 130 valence electrons. The van der Waals surface area contributed by atoms with Gasteiger partial charge in [0.05, 0.1) is 5.54 Å². The maximum Gasteiger partial charge on any atom is 0.410 e. The van der Waals surface area contributed by atoms with Crippen molar-refractivity contribution in [1.29, 1.82) is 0 Å². The maximum absolute atomic E-state index is 12.5. The molecular formula is C19H32N2O2. The van der Waals surface area contributed by atoms with Crippen LogP contribution < -0.4 is 5.32 Å². The van der Waals surface area contributed by atoms with Crippen LogP contribution in [0.1, 0.15) is 70.6 Å². The predicted octanol–water partition coefficient (Wildman–Crippen LogP) is 3.70. The lowest BCUT2D eigenvalue weighted by molar-refractivity contribution is 0.0195. The molecule has 0 aromatic heterocycles. The van der Waals surface area contributed by atoms with Gasteiger partial charge in [-0.2, -0.15) is 0 Å². The third kappa shape index (κ3) is 2.77. The Balaban J connectivity index is 1.57. The molecule has 4 rings (SSSR count). The predicted molar refractivity (Wildman–Crippen MR) is 90.4 cm³/mol. The van der Waals surface area contributed by atoms with Crippen molar-refractivity contribution in [3.05, 3.63) is 0 Å². The molecule has 4 nitrogen and oxygen atoms in total. The number of cyclic esters (lactones) is 1. The van der Waals surface area contributed by atoms with Crippen molar-refractivity contribution < 1.29 is 9.53 Å². The highest BCUT2D eigenvalue weighted by Gasteiger charge is 2.53. The number of amides is 1. The Labute approximate surface area is 140 Å². The molecular weight excluding hydrogens is 288 g/mol. The molecule has 2 heterocycles. The molecule has 1 N–H and O–H groups in total.